The maximum atomic E-state index is 12.7. The number of allylic oxidation sites excluding steroid dienone is 10. The van der Waals surface area contributed by atoms with Gasteiger partial charge in [-0.05, 0) is 57.8 Å². The molecule has 6 heteroatoms. The summed E-state index contributed by atoms with van der Waals surface area (Å²) >= 11 is 0. The average Bonchev–Trinajstić information content (AvgIpc) is 3.18. The number of ether oxygens (including phenoxy) is 3. The van der Waals surface area contributed by atoms with Gasteiger partial charge in [-0.3, -0.25) is 14.4 Å². The molecule has 0 aromatic carbocycles. The fraction of sp³-hybridized carbons (Fsp3) is 0.735. The van der Waals surface area contributed by atoms with Gasteiger partial charge in [0.25, 0.3) is 0 Å². The summed E-state index contributed by atoms with van der Waals surface area (Å²) in [5, 5.41) is 0. The van der Waals surface area contributed by atoms with Crippen molar-refractivity contribution in [1.29, 1.82) is 0 Å². The number of carbonyl (C=O) groups is 3. The van der Waals surface area contributed by atoms with Crippen LogP contribution in [0.5, 0.6) is 0 Å². The van der Waals surface area contributed by atoms with E-state index in [-0.39, 0.29) is 37.5 Å². The molecule has 0 aromatic rings. The molecule has 0 saturated heterocycles. The third-order valence-corrected chi connectivity index (χ3v) is 9.60. The van der Waals surface area contributed by atoms with E-state index in [2.05, 4.69) is 45.1 Å². The highest BCUT2D eigenvalue weighted by Gasteiger charge is 2.19. The quantitative estimate of drug-likeness (QED) is 0.0203. The highest BCUT2D eigenvalue weighted by molar-refractivity contribution is 5.71. The van der Waals surface area contributed by atoms with E-state index in [1.54, 1.807) is 0 Å². The third kappa shape index (κ3) is 42.1. The van der Waals surface area contributed by atoms with Crippen LogP contribution < -0.4 is 0 Å². The highest BCUT2D eigenvalue weighted by Crippen LogP contribution is 2.14. The Morgan fingerprint density at radius 2 is 0.745 bits per heavy atom. The van der Waals surface area contributed by atoms with E-state index in [4.69, 9.17) is 14.2 Å². The molecule has 1 unspecified atom stereocenters. The van der Waals surface area contributed by atoms with E-state index in [0.29, 0.717) is 12.8 Å². The van der Waals surface area contributed by atoms with Crippen molar-refractivity contribution in [3.05, 3.63) is 60.8 Å². The van der Waals surface area contributed by atoms with Crippen LogP contribution in [0.1, 0.15) is 213 Å². The smallest absolute Gasteiger partial charge is 0.306 e. The van der Waals surface area contributed by atoms with Crippen molar-refractivity contribution in [2.24, 2.45) is 0 Å². The summed E-state index contributed by atoms with van der Waals surface area (Å²) in [4.78, 5) is 37.7. The molecule has 0 aliphatic rings. The number of carbonyl (C=O) groups excluding carboxylic acids is 3. The second-order valence-electron chi connectivity index (χ2n) is 15.0. The van der Waals surface area contributed by atoms with E-state index in [1.165, 1.54) is 83.5 Å². The second kappa shape index (κ2) is 43.8. The van der Waals surface area contributed by atoms with Gasteiger partial charge >= 0.3 is 17.9 Å². The molecular weight excluding hydrogens is 685 g/mol. The first-order chi connectivity index (χ1) is 27.0. The zero-order valence-electron chi connectivity index (χ0n) is 35.9. The molecule has 0 aliphatic heterocycles. The fourth-order valence-electron chi connectivity index (χ4n) is 6.14. The molecule has 0 rings (SSSR count). The normalized spacial score (nSPS) is 12.6. The summed E-state index contributed by atoms with van der Waals surface area (Å²) in [6.45, 7) is 6.40. The Bertz CT molecular complexity index is 1020. The lowest BCUT2D eigenvalue weighted by Crippen LogP contribution is -2.30. The van der Waals surface area contributed by atoms with Crippen LogP contribution in [0.3, 0.4) is 0 Å². The minimum atomic E-state index is -0.794. The number of esters is 3. The summed E-state index contributed by atoms with van der Waals surface area (Å²) in [7, 11) is 0. The van der Waals surface area contributed by atoms with Crippen molar-refractivity contribution in [1.82, 2.24) is 0 Å². The summed E-state index contributed by atoms with van der Waals surface area (Å²) in [6.07, 6.45) is 52.0. The van der Waals surface area contributed by atoms with Gasteiger partial charge in [-0.15, -0.1) is 0 Å². The zero-order chi connectivity index (χ0) is 40.1. The summed E-state index contributed by atoms with van der Waals surface area (Å²) in [5.74, 6) is -0.949. The number of hydrogen-bond donors (Lipinski definition) is 0. The minimum absolute atomic E-state index is 0.0926. The molecule has 0 aromatic heterocycles. The van der Waals surface area contributed by atoms with E-state index in [1.807, 2.05) is 36.5 Å². The van der Waals surface area contributed by atoms with Gasteiger partial charge in [-0.1, -0.05) is 197 Å². The van der Waals surface area contributed by atoms with Gasteiger partial charge in [0.1, 0.15) is 13.2 Å². The van der Waals surface area contributed by atoms with Crippen LogP contribution in [0, 0.1) is 0 Å². The van der Waals surface area contributed by atoms with Gasteiger partial charge in [0.2, 0.25) is 0 Å². The Labute approximate surface area is 339 Å². The molecule has 6 nitrogen and oxygen atoms in total. The Hall–Kier alpha value is -2.89. The average molecular weight is 769 g/mol. The second-order valence-corrected chi connectivity index (χ2v) is 15.0. The van der Waals surface area contributed by atoms with Crippen LogP contribution >= 0.6 is 0 Å². The standard InChI is InChI=1S/C49H84O6/c1-4-7-10-13-16-19-22-24-26-27-30-33-36-39-42-48(51)54-45-46(44-53-47(50)41-38-35-32-29-21-18-15-12-9-6-3)55-49(52)43-40-37-34-31-28-25-23-20-17-14-11-8-5-2/h8,11,14-15,17-18,20,23,25,28,46H,4-7,9-10,12-13,16,19,21-22,24,26-27,29-45H2,1-3H3/b11-8-,17-14-,18-15-,23-20-,28-25-. The number of rotatable bonds is 40. The summed E-state index contributed by atoms with van der Waals surface area (Å²) < 4.78 is 16.7. The molecule has 55 heavy (non-hydrogen) atoms. The van der Waals surface area contributed by atoms with Crippen molar-refractivity contribution in [3.8, 4) is 0 Å². The third-order valence-electron chi connectivity index (χ3n) is 9.60. The first-order valence-electron chi connectivity index (χ1n) is 22.8. The van der Waals surface area contributed by atoms with Crippen molar-refractivity contribution < 1.29 is 28.6 Å². The highest BCUT2D eigenvalue weighted by atomic mass is 16.6. The predicted octanol–water partition coefficient (Wildman–Crippen LogP) is 14.5. The molecule has 0 N–H and O–H groups in total. The topological polar surface area (TPSA) is 78.9 Å². The lowest BCUT2D eigenvalue weighted by molar-refractivity contribution is -0.167. The van der Waals surface area contributed by atoms with Crippen molar-refractivity contribution in [2.75, 3.05) is 13.2 Å². The minimum Gasteiger partial charge on any atom is -0.462 e. The maximum Gasteiger partial charge on any atom is 0.306 e. The molecule has 0 bridgehead atoms. The van der Waals surface area contributed by atoms with Crippen LogP contribution in [0.2, 0.25) is 0 Å². The largest absolute Gasteiger partial charge is 0.462 e. The zero-order valence-corrected chi connectivity index (χ0v) is 35.9. The Balaban J connectivity index is 4.43. The molecular formula is C49H84O6. The Morgan fingerprint density at radius 3 is 1.24 bits per heavy atom. The molecule has 0 amide bonds. The molecule has 0 aliphatic carbocycles. The molecule has 1 atom stereocenters. The molecule has 316 valence electrons. The van der Waals surface area contributed by atoms with Crippen LogP contribution in [0.4, 0.5) is 0 Å². The maximum absolute atomic E-state index is 12.7. The van der Waals surface area contributed by atoms with E-state index < -0.39 is 6.10 Å². The number of unbranched alkanes of at least 4 members (excludes halogenated alkanes) is 22. The first-order valence-corrected chi connectivity index (χ1v) is 22.8. The molecule has 0 radical (unpaired) electrons. The van der Waals surface area contributed by atoms with Gasteiger partial charge in [0.15, 0.2) is 6.10 Å². The Kier molecular flexibility index (Phi) is 41.5. The predicted molar refractivity (Wildman–Crippen MR) is 233 cm³/mol. The lowest BCUT2D eigenvalue weighted by Gasteiger charge is -2.18. The fourth-order valence-corrected chi connectivity index (χ4v) is 6.14. The van der Waals surface area contributed by atoms with Crippen LogP contribution in [0.15, 0.2) is 60.8 Å². The van der Waals surface area contributed by atoms with Crippen LogP contribution in [-0.2, 0) is 28.6 Å². The summed E-state index contributed by atoms with van der Waals surface area (Å²) in [6, 6.07) is 0. The van der Waals surface area contributed by atoms with Gasteiger partial charge < -0.3 is 14.2 Å². The molecule has 0 saturated carbocycles. The van der Waals surface area contributed by atoms with Gasteiger partial charge in [0.05, 0.1) is 0 Å². The monoisotopic (exact) mass is 769 g/mol. The first kappa shape index (κ1) is 52.1. The molecule has 0 heterocycles. The van der Waals surface area contributed by atoms with Crippen molar-refractivity contribution in [2.45, 2.75) is 219 Å². The lowest BCUT2D eigenvalue weighted by atomic mass is 10.0. The molecule has 0 spiro atoms. The van der Waals surface area contributed by atoms with Crippen LogP contribution in [-0.4, -0.2) is 37.2 Å². The van der Waals surface area contributed by atoms with E-state index in [0.717, 1.165) is 89.9 Å². The Morgan fingerprint density at radius 1 is 0.382 bits per heavy atom. The van der Waals surface area contributed by atoms with Gasteiger partial charge in [0, 0.05) is 19.3 Å². The number of hydrogen-bond acceptors (Lipinski definition) is 6. The van der Waals surface area contributed by atoms with Gasteiger partial charge in [-0.2, -0.15) is 0 Å². The van der Waals surface area contributed by atoms with E-state index >= 15 is 0 Å². The van der Waals surface area contributed by atoms with E-state index in [9.17, 15) is 14.4 Å². The van der Waals surface area contributed by atoms with Gasteiger partial charge in [-0.25, -0.2) is 0 Å². The van der Waals surface area contributed by atoms with Crippen LogP contribution in [0.25, 0.3) is 0 Å². The summed E-state index contributed by atoms with van der Waals surface area (Å²) in [5.41, 5.74) is 0. The molecule has 0 fully saturated rings. The SMILES string of the molecule is CC\C=C/C=C\C=C/C=C\CCCCCC(=O)OC(COC(=O)CCCCCC/C=C\CCCC)COC(=O)CCCCCCCCCCCCCCCC. The van der Waals surface area contributed by atoms with Crippen molar-refractivity contribution in [3.63, 3.8) is 0 Å². The van der Waals surface area contributed by atoms with Crippen molar-refractivity contribution >= 4 is 17.9 Å².